The van der Waals surface area contributed by atoms with Crippen LogP contribution in [0.25, 0.3) is 11.4 Å². The Bertz CT molecular complexity index is 789. The van der Waals surface area contributed by atoms with Crippen molar-refractivity contribution in [3.05, 3.63) is 35.1 Å². The molecule has 0 saturated carbocycles. The van der Waals surface area contributed by atoms with Crippen molar-refractivity contribution in [3.63, 3.8) is 0 Å². The zero-order valence-electron chi connectivity index (χ0n) is 14.5. The van der Waals surface area contributed by atoms with Gasteiger partial charge in [0.1, 0.15) is 12.4 Å². The molecule has 2 heterocycles. The molecule has 0 unspecified atom stereocenters. The maximum Gasteiger partial charge on any atom is 0.224 e. The van der Waals surface area contributed by atoms with E-state index in [1.54, 1.807) is 22.9 Å². The van der Waals surface area contributed by atoms with Crippen LogP contribution in [0.4, 0.5) is 10.3 Å². The van der Waals surface area contributed by atoms with E-state index in [2.05, 4.69) is 15.0 Å². The Kier molecular flexibility index (Phi) is 6.08. The highest BCUT2D eigenvalue weighted by molar-refractivity contribution is 6.33. The monoisotopic (exact) mass is 381 g/mol. The van der Waals surface area contributed by atoms with Crippen LogP contribution in [0.15, 0.2) is 30.1 Å². The van der Waals surface area contributed by atoms with E-state index < -0.39 is 0 Å². The minimum absolute atomic E-state index is 0.0751. The Morgan fingerprint density at radius 2 is 2.19 bits per heavy atom. The maximum absolute atomic E-state index is 12.5. The van der Waals surface area contributed by atoms with Gasteiger partial charge in [-0.05, 0) is 18.2 Å². The maximum atomic E-state index is 12.5. The minimum atomic E-state index is 0.0751. The van der Waals surface area contributed by atoms with Crippen LogP contribution in [-0.4, -0.2) is 54.2 Å². The highest BCUT2D eigenvalue weighted by atomic mass is 35.5. The average Bonchev–Trinajstić information content (AvgIpc) is 3.05. The number of anilines is 1. The van der Waals surface area contributed by atoms with E-state index in [1.807, 2.05) is 7.05 Å². The lowest BCUT2D eigenvalue weighted by atomic mass is 10.2. The lowest BCUT2D eigenvalue weighted by Gasteiger charge is -2.26. The van der Waals surface area contributed by atoms with Gasteiger partial charge in [-0.1, -0.05) is 11.6 Å². The van der Waals surface area contributed by atoms with Crippen LogP contribution in [0.2, 0.25) is 5.02 Å². The lowest BCUT2D eigenvalue weighted by Crippen LogP contribution is -2.37. The van der Waals surface area contributed by atoms with Gasteiger partial charge in [0, 0.05) is 37.8 Å². The molecule has 140 valence electrons. The van der Waals surface area contributed by atoms with Gasteiger partial charge in [0.15, 0.2) is 5.82 Å². The summed E-state index contributed by atoms with van der Waals surface area (Å²) in [5.74, 6) is 1.84. The summed E-state index contributed by atoms with van der Waals surface area (Å²) in [5.41, 5.74) is 6.48. The number of benzene rings is 1. The molecule has 0 atom stereocenters. The van der Waals surface area contributed by atoms with Gasteiger partial charge in [0.2, 0.25) is 5.95 Å². The zero-order valence-corrected chi connectivity index (χ0v) is 15.2. The third-order valence-corrected chi connectivity index (χ3v) is 4.37. The molecular formula is C17H21ClFN5O2. The van der Waals surface area contributed by atoms with Crippen LogP contribution in [-0.2, 0) is 11.8 Å². The molecule has 1 aromatic carbocycles. The van der Waals surface area contributed by atoms with E-state index in [9.17, 15) is 4.39 Å². The molecule has 9 heteroatoms. The molecule has 3 rings (SSSR count). The van der Waals surface area contributed by atoms with Crippen molar-refractivity contribution in [1.82, 2.24) is 14.8 Å². The minimum Gasteiger partial charge on any atom is -0.489 e. The molecular weight excluding hydrogens is 361 g/mol. The van der Waals surface area contributed by atoms with Crippen LogP contribution in [0.1, 0.15) is 0 Å². The first kappa shape index (κ1) is 18.6. The number of nitrogens with two attached hydrogens (primary N) is 1. The third kappa shape index (κ3) is 4.14. The first-order valence-electron chi connectivity index (χ1n) is 8.27. The Hall–Kier alpha value is -2.16. The number of hydrogen-bond donors (Lipinski definition) is 1. The molecule has 0 amide bonds. The van der Waals surface area contributed by atoms with E-state index in [0.717, 1.165) is 19.0 Å². The smallest absolute Gasteiger partial charge is 0.224 e. The number of halogens is 2. The number of aromatic nitrogens is 3. The summed E-state index contributed by atoms with van der Waals surface area (Å²) in [6.45, 7) is 3.08. The van der Waals surface area contributed by atoms with Crippen molar-refractivity contribution < 1.29 is 13.9 Å². The molecule has 2 N–H and O–H groups in total. The van der Waals surface area contributed by atoms with Gasteiger partial charge in [-0.3, -0.25) is 0 Å². The van der Waals surface area contributed by atoms with Gasteiger partial charge in [0.25, 0.3) is 0 Å². The first-order valence-corrected chi connectivity index (χ1v) is 8.65. The second-order valence-electron chi connectivity index (χ2n) is 5.86. The van der Waals surface area contributed by atoms with Crippen LogP contribution in [0, 0.1) is 0 Å². The fraction of sp³-hybridized carbons (Fsp3) is 0.412. The number of aryl methyl sites for hydroxylation is 1. The Balaban J connectivity index is 1.77. The quantitative estimate of drug-likeness (QED) is 0.826. The fourth-order valence-electron chi connectivity index (χ4n) is 2.61. The summed E-state index contributed by atoms with van der Waals surface area (Å²) < 4.78 is 25.2. The van der Waals surface area contributed by atoms with Crippen molar-refractivity contribution in [2.45, 2.75) is 0 Å². The van der Waals surface area contributed by atoms with Crippen LogP contribution < -0.4 is 15.4 Å². The average molecular weight is 382 g/mol. The Labute approximate surface area is 156 Å². The summed E-state index contributed by atoms with van der Waals surface area (Å²) in [4.78, 5) is 6.74. The molecule has 1 aliphatic rings. The van der Waals surface area contributed by atoms with Crippen molar-refractivity contribution in [2.75, 3.05) is 44.4 Å². The summed E-state index contributed by atoms with van der Waals surface area (Å²) in [6, 6.07) is 5.20. The standard InChI is InChI=1S/C17H21ClFN5O2/c1-23-17(24-4-6-25-7-5-24)21-16(22-23)14-3-2-13(8-15(14)18)26-11-12(9-19)10-20/h2-3,8-9H,4-7,10-11,20H2,1H3/b12-9+. The highest BCUT2D eigenvalue weighted by Crippen LogP contribution is 2.30. The van der Waals surface area contributed by atoms with Crippen LogP contribution in [0.5, 0.6) is 5.75 Å². The summed E-state index contributed by atoms with van der Waals surface area (Å²) >= 11 is 6.38. The van der Waals surface area contributed by atoms with E-state index in [-0.39, 0.29) is 13.2 Å². The predicted molar refractivity (Wildman–Crippen MR) is 98.2 cm³/mol. The number of nitrogens with zero attached hydrogens (tertiary/aromatic N) is 4. The van der Waals surface area contributed by atoms with Crippen molar-refractivity contribution in [1.29, 1.82) is 0 Å². The molecule has 1 aromatic heterocycles. The first-order chi connectivity index (χ1) is 12.6. The van der Waals surface area contributed by atoms with Crippen molar-refractivity contribution >= 4 is 17.5 Å². The van der Waals surface area contributed by atoms with Crippen molar-refractivity contribution in [3.8, 4) is 17.1 Å². The normalized spacial score (nSPS) is 15.4. The summed E-state index contributed by atoms with van der Waals surface area (Å²) in [6.07, 6.45) is 0.459. The highest BCUT2D eigenvalue weighted by Gasteiger charge is 2.19. The SMILES string of the molecule is Cn1nc(-c2ccc(OC/C(=C/F)CN)cc2Cl)nc1N1CCOCC1. The largest absolute Gasteiger partial charge is 0.489 e. The van der Waals surface area contributed by atoms with Gasteiger partial charge in [-0.15, -0.1) is 5.10 Å². The second-order valence-corrected chi connectivity index (χ2v) is 6.27. The molecule has 26 heavy (non-hydrogen) atoms. The molecule has 0 bridgehead atoms. The predicted octanol–water partition coefficient (Wildman–Crippen LogP) is 2.16. The van der Waals surface area contributed by atoms with E-state index in [1.165, 1.54) is 0 Å². The van der Waals surface area contributed by atoms with E-state index >= 15 is 0 Å². The third-order valence-electron chi connectivity index (χ3n) is 4.06. The zero-order chi connectivity index (χ0) is 18.5. The van der Waals surface area contributed by atoms with Gasteiger partial charge in [-0.2, -0.15) is 4.98 Å². The van der Waals surface area contributed by atoms with Gasteiger partial charge < -0.3 is 20.1 Å². The van der Waals surface area contributed by atoms with Gasteiger partial charge in [0.05, 0.1) is 24.6 Å². The molecule has 7 nitrogen and oxygen atoms in total. The number of morpholine rings is 1. The summed E-state index contributed by atoms with van der Waals surface area (Å²) in [5, 5.41) is 4.93. The topological polar surface area (TPSA) is 78.4 Å². The Morgan fingerprint density at radius 1 is 1.42 bits per heavy atom. The fourth-order valence-corrected chi connectivity index (χ4v) is 2.86. The summed E-state index contributed by atoms with van der Waals surface area (Å²) in [7, 11) is 1.85. The van der Waals surface area contributed by atoms with Crippen LogP contribution >= 0.6 is 11.6 Å². The van der Waals surface area contributed by atoms with Crippen LogP contribution in [0.3, 0.4) is 0 Å². The molecule has 1 aliphatic heterocycles. The number of hydrogen-bond acceptors (Lipinski definition) is 6. The van der Waals surface area contributed by atoms with E-state index in [0.29, 0.717) is 47.3 Å². The second kappa shape index (κ2) is 8.48. The number of rotatable bonds is 6. The van der Waals surface area contributed by atoms with Gasteiger partial charge >= 0.3 is 0 Å². The molecule has 0 spiro atoms. The van der Waals surface area contributed by atoms with E-state index in [4.69, 9.17) is 26.8 Å². The Morgan fingerprint density at radius 3 is 2.85 bits per heavy atom. The van der Waals surface area contributed by atoms with Gasteiger partial charge in [-0.25, -0.2) is 9.07 Å². The lowest BCUT2D eigenvalue weighted by molar-refractivity contribution is 0.121. The van der Waals surface area contributed by atoms with Crippen molar-refractivity contribution in [2.24, 2.45) is 12.8 Å². The molecule has 0 radical (unpaired) electrons. The molecule has 0 aliphatic carbocycles. The molecule has 1 saturated heterocycles. The molecule has 1 fully saturated rings. The number of ether oxygens (including phenoxy) is 2. The molecule has 2 aromatic rings.